The van der Waals surface area contributed by atoms with Gasteiger partial charge in [0.2, 0.25) is 5.95 Å². The summed E-state index contributed by atoms with van der Waals surface area (Å²) in [6, 6.07) is 9.02. The minimum absolute atomic E-state index is 0.0158. The lowest BCUT2D eigenvalue weighted by Crippen LogP contribution is -2.15. The van der Waals surface area contributed by atoms with Crippen molar-refractivity contribution in [1.82, 2.24) is 15.0 Å². The molecule has 0 atom stereocenters. The molecule has 3 rings (SSSR count). The first-order valence-corrected chi connectivity index (χ1v) is 11.4. The van der Waals surface area contributed by atoms with Crippen LogP contribution in [0.5, 0.6) is 0 Å². The van der Waals surface area contributed by atoms with Gasteiger partial charge in [0.25, 0.3) is 5.91 Å². The van der Waals surface area contributed by atoms with E-state index in [2.05, 4.69) is 32.2 Å². The van der Waals surface area contributed by atoms with Crippen molar-refractivity contribution in [2.75, 3.05) is 16.9 Å². The number of pyridine rings is 1. The van der Waals surface area contributed by atoms with E-state index in [1.165, 1.54) is 30.5 Å². The van der Waals surface area contributed by atoms with Crippen molar-refractivity contribution < 1.29 is 26.4 Å². The van der Waals surface area contributed by atoms with Crippen molar-refractivity contribution in [2.45, 2.75) is 12.7 Å². The van der Waals surface area contributed by atoms with Gasteiger partial charge < -0.3 is 16.4 Å². The molecule has 2 heterocycles. The van der Waals surface area contributed by atoms with Crippen molar-refractivity contribution in [1.29, 1.82) is 0 Å². The molecule has 1 amide bonds. The zero-order valence-electron chi connectivity index (χ0n) is 17.7. The lowest BCUT2D eigenvalue weighted by atomic mass is 10.1. The van der Waals surface area contributed by atoms with E-state index < -0.39 is 33.3 Å². The Labute approximate surface area is 192 Å². The average Bonchev–Trinajstić information content (AvgIpc) is 2.76. The summed E-state index contributed by atoms with van der Waals surface area (Å²) in [7, 11) is -3.53. The van der Waals surface area contributed by atoms with Gasteiger partial charge in [-0.05, 0) is 29.3 Å². The topological polar surface area (TPSA) is 140 Å². The number of carbonyl (C=O) groups is 1. The van der Waals surface area contributed by atoms with Crippen molar-refractivity contribution in [3.8, 4) is 0 Å². The molecule has 0 aliphatic rings. The standard InChI is InChI=1S/C21H19F3N6O3S/c1-12(34(2,32)33)14-5-3-4-13(8-14)9-27-19-16(21(22,23)24)11-28-20(30-19)29-15-6-7-17(18(25)31)26-10-15/h3-8,10-11H,1,9H2,2H3,(H2,25,31)(H2,27,28,29,30). The fourth-order valence-corrected chi connectivity index (χ4v) is 3.34. The summed E-state index contributed by atoms with van der Waals surface area (Å²) in [4.78, 5) is 22.5. The van der Waals surface area contributed by atoms with Gasteiger partial charge in [-0.3, -0.25) is 4.79 Å². The first-order valence-electron chi connectivity index (χ1n) is 9.54. The van der Waals surface area contributed by atoms with Gasteiger partial charge in [-0.15, -0.1) is 0 Å². The molecule has 178 valence electrons. The number of nitrogens with one attached hydrogen (secondary N) is 2. The molecule has 4 N–H and O–H groups in total. The maximum absolute atomic E-state index is 13.5. The minimum Gasteiger partial charge on any atom is -0.365 e. The number of nitrogens with two attached hydrogens (primary N) is 1. The molecule has 0 aliphatic carbocycles. The van der Waals surface area contributed by atoms with Crippen LogP contribution in [0, 0.1) is 0 Å². The zero-order valence-corrected chi connectivity index (χ0v) is 18.5. The van der Waals surface area contributed by atoms with Crippen molar-refractivity contribution in [2.24, 2.45) is 5.73 Å². The SMILES string of the molecule is C=C(c1cccc(CNc2nc(Nc3ccc(C(N)=O)nc3)ncc2C(F)(F)F)c1)S(C)(=O)=O. The summed E-state index contributed by atoms with van der Waals surface area (Å²) in [6.07, 6.45) is -1.82. The van der Waals surface area contributed by atoms with Crippen LogP contribution in [-0.2, 0) is 22.6 Å². The van der Waals surface area contributed by atoms with Gasteiger partial charge in [0.1, 0.15) is 17.1 Å². The summed E-state index contributed by atoms with van der Waals surface area (Å²) in [5, 5.41) is 5.33. The fraction of sp³-hybridized carbons (Fsp3) is 0.143. The third kappa shape index (κ3) is 6.07. The zero-order chi connectivity index (χ0) is 25.1. The number of aromatic nitrogens is 3. The van der Waals surface area contributed by atoms with Crippen LogP contribution < -0.4 is 16.4 Å². The Kier molecular flexibility index (Phi) is 6.86. The van der Waals surface area contributed by atoms with Gasteiger partial charge in [-0.25, -0.2) is 18.4 Å². The first kappa shape index (κ1) is 24.6. The molecule has 13 heteroatoms. The lowest BCUT2D eigenvalue weighted by Gasteiger charge is -2.15. The molecular weight excluding hydrogens is 473 g/mol. The Morgan fingerprint density at radius 2 is 1.88 bits per heavy atom. The molecule has 0 radical (unpaired) electrons. The smallest absolute Gasteiger partial charge is 0.365 e. The van der Waals surface area contributed by atoms with Gasteiger partial charge in [-0.1, -0.05) is 24.8 Å². The van der Waals surface area contributed by atoms with Crippen LogP contribution in [-0.4, -0.2) is 35.5 Å². The van der Waals surface area contributed by atoms with Crippen molar-refractivity contribution in [3.63, 3.8) is 0 Å². The number of hydrogen-bond acceptors (Lipinski definition) is 8. The second-order valence-corrected chi connectivity index (χ2v) is 9.16. The normalized spacial score (nSPS) is 11.6. The minimum atomic E-state index is -4.72. The quantitative estimate of drug-likeness (QED) is 0.435. The van der Waals surface area contributed by atoms with Gasteiger partial charge in [-0.2, -0.15) is 18.2 Å². The van der Waals surface area contributed by atoms with E-state index in [1.807, 2.05) is 0 Å². The van der Waals surface area contributed by atoms with E-state index in [9.17, 15) is 26.4 Å². The number of anilines is 3. The highest BCUT2D eigenvalue weighted by Gasteiger charge is 2.35. The van der Waals surface area contributed by atoms with E-state index in [-0.39, 0.29) is 23.1 Å². The number of primary amides is 1. The molecule has 2 aromatic heterocycles. The highest BCUT2D eigenvalue weighted by Crippen LogP contribution is 2.34. The molecule has 0 saturated carbocycles. The van der Waals surface area contributed by atoms with Crippen LogP contribution >= 0.6 is 0 Å². The number of benzene rings is 1. The summed E-state index contributed by atoms with van der Waals surface area (Å²) in [6.45, 7) is 3.47. The fourth-order valence-electron chi connectivity index (χ4n) is 2.78. The number of halogens is 3. The summed E-state index contributed by atoms with van der Waals surface area (Å²) < 4.78 is 63.9. The molecule has 1 aromatic carbocycles. The summed E-state index contributed by atoms with van der Waals surface area (Å²) in [5.74, 6) is -1.37. The second kappa shape index (κ2) is 9.47. The number of sulfone groups is 1. The number of alkyl halides is 3. The maximum atomic E-state index is 13.5. The molecule has 0 unspecified atom stereocenters. The highest BCUT2D eigenvalue weighted by atomic mass is 32.2. The summed E-state index contributed by atoms with van der Waals surface area (Å²) in [5.41, 5.74) is 5.22. The van der Waals surface area contributed by atoms with Gasteiger partial charge in [0.15, 0.2) is 9.84 Å². The van der Waals surface area contributed by atoms with Crippen LogP contribution in [0.15, 0.2) is 55.4 Å². The van der Waals surface area contributed by atoms with Gasteiger partial charge in [0.05, 0.1) is 16.8 Å². The van der Waals surface area contributed by atoms with E-state index in [4.69, 9.17) is 5.73 Å². The lowest BCUT2D eigenvalue weighted by molar-refractivity contribution is -0.137. The Balaban J connectivity index is 1.85. The first-order chi connectivity index (χ1) is 15.8. The molecule has 0 aliphatic heterocycles. The monoisotopic (exact) mass is 492 g/mol. The largest absolute Gasteiger partial charge is 0.421 e. The molecule has 0 bridgehead atoms. The molecule has 34 heavy (non-hydrogen) atoms. The predicted octanol–water partition coefficient (Wildman–Crippen LogP) is 3.36. The molecule has 0 spiro atoms. The van der Waals surface area contributed by atoms with E-state index in [0.717, 1.165) is 6.26 Å². The summed E-state index contributed by atoms with van der Waals surface area (Å²) >= 11 is 0. The van der Waals surface area contributed by atoms with E-state index in [0.29, 0.717) is 23.0 Å². The Bertz CT molecular complexity index is 1340. The van der Waals surface area contributed by atoms with Gasteiger partial charge >= 0.3 is 6.18 Å². The highest BCUT2D eigenvalue weighted by molar-refractivity contribution is 7.99. The van der Waals surface area contributed by atoms with Crippen molar-refractivity contribution >= 4 is 38.1 Å². The maximum Gasteiger partial charge on any atom is 0.421 e. The van der Waals surface area contributed by atoms with Crippen molar-refractivity contribution in [3.05, 3.63) is 77.8 Å². The van der Waals surface area contributed by atoms with Crippen LogP contribution in [0.4, 0.5) is 30.6 Å². The number of hydrogen-bond donors (Lipinski definition) is 3. The van der Waals surface area contributed by atoms with Crippen LogP contribution in [0.2, 0.25) is 0 Å². The molecule has 3 aromatic rings. The molecule has 0 saturated heterocycles. The third-order valence-corrected chi connectivity index (χ3v) is 5.65. The molecule has 9 nitrogen and oxygen atoms in total. The Morgan fingerprint density at radius 1 is 1.15 bits per heavy atom. The Hall–Kier alpha value is -4.00. The van der Waals surface area contributed by atoms with E-state index >= 15 is 0 Å². The average molecular weight is 492 g/mol. The number of carbonyl (C=O) groups excluding carboxylic acids is 1. The number of nitrogens with zero attached hydrogens (tertiary/aromatic N) is 3. The van der Waals surface area contributed by atoms with E-state index in [1.54, 1.807) is 12.1 Å². The molecular formula is C21H19F3N6O3S. The number of rotatable bonds is 8. The Morgan fingerprint density at radius 3 is 2.47 bits per heavy atom. The molecule has 0 fully saturated rings. The van der Waals surface area contributed by atoms with Gasteiger partial charge in [0, 0.05) is 19.0 Å². The predicted molar refractivity (Wildman–Crippen MR) is 121 cm³/mol. The van der Waals surface area contributed by atoms with Crippen LogP contribution in [0.25, 0.3) is 4.91 Å². The van der Waals surface area contributed by atoms with Crippen LogP contribution in [0.3, 0.4) is 0 Å². The van der Waals surface area contributed by atoms with Crippen LogP contribution in [0.1, 0.15) is 27.2 Å². The number of amides is 1. The second-order valence-electron chi connectivity index (χ2n) is 7.12. The third-order valence-electron chi connectivity index (χ3n) is 4.52.